The molecule has 0 saturated carbocycles. The van der Waals surface area contributed by atoms with Crippen molar-refractivity contribution in [2.75, 3.05) is 38.7 Å². The van der Waals surface area contributed by atoms with Crippen LogP contribution in [-0.4, -0.2) is 65.5 Å². The number of amides is 2. The lowest BCUT2D eigenvalue weighted by atomic mass is 10.1. The third-order valence-corrected chi connectivity index (χ3v) is 8.47. The maximum atomic E-state index is 14.0. The fraction of sp³-hybridized carbons (Fsp3) is 0.310. The number of nitrogens with zero attached hydrogens (tertiary/aromatic N) is 2. The molecule has 2 amide bonds. The lowest BCUT2D eigenvalue weighted by Crippen LogP contribution is -2.52. The Morgan fingerprint density at radius 3 is 2.17 bits per heavy atom. The summed E-state index contributed by atoms with van der Waals surface area (Å²) in [4.78, 5) is 28.0. The van der Waals surface area contributed by atoms with Crippen LogP contribution in [0.2, 0.25) is 5.02 Å². The summed E-state index contributed by atoms with van der Waals surface area (Å²) >= 11 is 6.07. The van der Waals surface area contributed by atoms with Crippen LogP contribution in [0.5, 0.6) is 11.5 Å². The van der Waals surface area contributed by atoms with Gasteiger partial charge < -0.3 is 19.7 Å². The van der Waals surface area contributed by atoms with Gasteiger partial charge in [-0.2, -0.15) is 0 Å². The lowest BCUT2D eigenvalue weighted by molar-refractivity contribution is -0.139. The third kappa shape index (κ3) is 7.25. The van der Waals surface area contributed by atoms with E-state index in [1.54, 1.807) is 19.1 Å². The van der Waals surface area contributed by atoms with Crippen molar-refractivity contribution in [3.63, 3.8) is 0 Å². The van der Waals surface area contributed by atoms with Crippen LogP contribution < -0.4 is 19.1 Å². The van der Waals surface area contributed by atoms with Crippen LogP contribution in [0.3, 0.4) is 0 Å². The van der Waals surface area contributed by atoms with Gasteiger partial charge >= 0.3 is 0 Å². The van der Waals surface area contributed by atoms with E-state index >= 15 is 0 Å². The number of sulfonamides is 1. The highest BCUT2D eigenvalue weighted by atomic mass is 35.5. The minimum atomic E-state index is -4.27. The first-order valence-electron chi connectivity index (χ1n) is 12.7. The zero-order chi connectivity index (χ0) is 29.3. The Hall–Kier alpha value is -3.76. The molecule has 0 saturated heterocycles. The van der Waals surface area contributed by atoms with E-state index in [9.17, 15) is 18.0 Å². The monoisotopic (exact) mass is 587 g/mol. The number of halogens is 1. The van der Waals surface area contributed by atoms with Gasteiger partial charge in [0.2, 0.25) is 11.8 Å². The average molecular weight is 588 g/mol. The molecule has 0 bridgehead atoms. The molecule has 9 nitrogen and oxygen atoms in total. The molecule has 3 aromatic rings. The average Bonchev–Trinajstić information content (AvgIpc) is 2.98. The summed E-state index contributed by atoms with van der Waals surface area (Å²) in [5, 5.41) is 3.03. The molecule has 40 heavy (non-hydrogen) atoms. The fourth-order valence-electron chi connectivity index (χ4n) is 4.30. The van der Waals surface area contributed by atoms with Crippen molar-refractivity contribution in [1.29, 1.82) is 0 Å². The molecule has 0 radical (unpaired) electrons. The fourth-order valence-corrected chi connectivity index (χ4v) is 5.86. The minimum Gasteiger partial charge on any atom is -0.493 e. The molecule has 3 rings (SSSR count). The van der Waals surface area contributed by atoms with Gasteiger partial charge in [-0.25, -0.2) is 8.42 Å². The second-order valence-electron chi connectivity index (χ2n) is 8.87. The van der Waals surface area contributed by atoms with Gasteiger partial charge in [0.1, 0.15) is 12.6 Å². The third-order valence-electron chi connectivity index (χ3n) is 6.45. The van der Waals surface area contributed by atoms with Crippen LogP contribution in [-0.2, 0) is 26.0 Å². The molecule has 0 aliphatic rings. The predicted molar refractivity (Wildman–Crippen MR) is 156 cm³/mol. The molecule has 214 valence electrons. The van der Waals surface area contributed by atoms with E-state index in [0.29, 0.717) is 23.6 Å². The van der Waals surface area contributed by atoms with Crippen LogP contribution >= 0.6 is 11.6 Å². The maximum absolute atomic E-state index is 14.0. The Morgan fingerprint density at radius 1 is 0.950 bits per heavy atom. The highest BCUT2D eigenvalue weighted by Crippen LogP contribution is 2.32. The normalized spacial score (nSPS) is 11.8. The second-order valence-corrected chi connectivity index (χ2v) is 11.2. The van der Waals surface area contributed by atoms with E-state index in [1.165, 1.54) is 56.5 Å². The number of nitrogens with one attached hydrogen (secondary N) is 1. The number of hydrogen-bond donors (Lipinski definition) is 1. The topological polar surface area (TPSA) is 105 Å². The molecular formula is C29H34ClN3O6S. The van der Waals surface area contributed by atoms with Crippen molar-refractivity contribution in [3.8, 4) is 11.5 Å². The first kappa shape index (κ1) is 30.8. The molecule has 11 heteroatoms. The van der Waals surface area contributed by atoms with Crippen LogP contribution in [0, 0.1) is 0 Å². The molecule has 0 unspecified atom stereocenters. The summed E-state index contributed by atoms with van der Waals surface area (Å²) in [6.45, 7) is 1.49. The van der Waals surface area contributed by atoms with Crippen LogP contribution in [0.4, 0.5) is 5.69 Å². The van der Waals surface area contributed by atoms with Crippen LogP contribution in [0.25, 0.3) is 0 Å². The molecule has 3 aromatic carbocycles. The summed E-state index contributed by atoms with van der Waals surface area (Å²) in [6.07, 6.45) is 0.840. The molecule has 0 spiro atoms. The Labute approximate surface area is 240 Å². The number of rotatable bonds is 13. The number of carbonyl (C=O) groups is 2. The Balaban J connectivity index is 2.04. The summed E-state index contributed by atoms with van der Waals surface area (Å²) in [5.41, 5.74) is 1.23. The van der Waals surface area contributed by atoms with Gasteiger partial charge in [0.15, 0.2) is 11.5 Å². The van der Waals surface area contributed by atoms with Gasteiger partial charge in [-0.05, 0) is 54.8 Å². The van der Waals surface area contributed by atoms with Gasteiger partial charge in [0.25, 0.3) is 10.0 Å². The van der Waals surface area contributed by atoms with Gasteiger partial charge in [-0.1, -0.05) is 48.9 Å². The lowest BCUT2D eigenvalue weighted by Gasteiger charge is -2.33. The van der Waals surface area contributed by atoms with Crippen LogP contribution in [0.15, 0.2) is 77.7 Å². The summed E-state index contributed by atoms with van der Waals surface area (Å²) < 4.78 is 39.6. The molecule has 1 N–H and O–H groups in total. The van der Waals surface area contributed by atoms with Crippen molar-refractivity contribution in [1.82, 2.24) is 10.2 Å². The second kappa shape index (κ2) is 14.0. The van der Waals surface area contributed by atoms with E-state index in [1.807, 2.05) is 30.3 Å². The number of ether oxygens (including phenoxy) is 2. The largest absolute Gasteiger partial charge is 0.493 e. The molecule has 0 fully saturated rings. The first-order chi connectivity index (χ1) is 19.2. The standard InChI is InChI=1S/C29H34ClN3O6S/c1-5-25(29(35)31-2)32(18-17-21-9-7-6-8-10-21)28(34)20-33(23-13-11-22(30)12-14-23)40(36,37)24-15-16-26(38-3)27(19-24)39-4/h6-16,19,25H,5,17-18,20H2,1-4H3,(H,31,35)/t25-/m1/s1. The number of carbonyl (C=O) groups excluding carboxylic acids is 2. The van der Waals surface area contributed by atoms with Gasteiger partial charge in [0.05, 0.1) is 24.8 Å². The van der Waals surface area contributed by atoms with E-state index in [-0.39, 0.29) is 28.8 Å². The predicted octanol–water partition coefficient (Wildman–Crippen LogP) is 4.15. The van der Waals surface area contributed by atoms with Crippen molar-refractivity contribution in [2.45, 2.75) is 30.7 Å². The number of anilines is 1. The Bertz CT molecular complexity index is 1400. The number of likely N-dealkylation sites (N-methyl/N-ethyl adjacent to an activating group) is 1. The first-order valence-corrected chi connectivity index (χ1v) is 14.5. The van der Waals surface area contributed by atoms with E-state index in [4.69, 9.17) is 21.1 Å². The van der Waals surface area contributed by atoms with Gasteiger partial charge in [0, 0.05) is 24.7 Å². The number of methoxy groups -OCH3 is 2. The molecule has 0 aliphatic heterocycles. The number of hydrogen-bond acceptors (Lipinski definition) is 6. The van der Waals surface area contributed by atoms with Gasteiger partial charge in [-0.15, -0.1) is 0 Å². The van der Waals surface area contributed by atoms with Gasteiger partial charge in [-0.3, -0.25) is 13.9 Å². The van der Waals surface area contributed by atoms with E-state index in [0.717, 1.165) is 9.87 Å². The van der Waals surface area contributed by atoms with Crippen LogP contribution in [0.1, 0.15) is 18.9 Å². The molecular weight excluding hydrogens is 554 g/mol. The summed E-state index contributed by atoms with van der Waals surface area (Å²) in [6, 6.07) is 19.1. The Morgan fingerprint density at radius 2 is 1.60 bits per heavy atom. The van der Waals surface area contributed by atoms with Crippen molar-refractivity contribution < 1.29 is 27.5 Å². The summed E-state index contributed by atoms with van der Waals surface area (Å²) in [5.74, 6) is -0.268. The zero-order valence-electron chi connectivity index (χ0n) is 23.0. The SMILES string of the molecule is CC[C@H](C(=O)NC)N(CCc1ccccc1)C(=O)CN(c1ccc(Cl)cc1)S(=O)(=O)c1ccc(OC)c(OC)c1. The molecule has 0 aromatic heterocycles. The zero-order valence-corrected chi connectivity index (χ0v) is 24.5. The number of benzene rings is 3. The highest BCUT2D eigenvalue weighted by Gasteiger charge is 2.33. The van der Waals surface area contributed by atoms with E-state index in [2.05, 4.69) is 5.32 Å². The van der Waals surface area contributed by atoms with Crippen molar-refractivity contribution in [2.24, 2.45) is 0 Å². The van der Waals surface area contributed by atoms with Crippen molar-refractivity contribution >= 4 is 39.1 Å². The molecule has 1 atom stereocenters. The van der Waals surface area contributed by atoms with E-state index < -0.39 is 28.5 Å². The Kier molecular flexibility index (Phi) is 10.8. The molecule has 0 aliphatic carbocycles. The summed E-state index contributed by atoms with van der Waals surface area (Å²) in [7, 11) is 0.0900. The minimum absolute atomic E-state index is 0.0953. The van der Waals surface area contributed by atoms with Crippen molar-refractivity contribution in [3.05, 3.63) is 83.4 Å². The maximum Gasteiger partial charge on any atom is 0.264 e. The quantitative estimate of drug-likeness (QED) is 0.322. The smallest absolute Gasteiger partial charge is 0.264 e. The highest BCUT2D eigenvalue weighted by molar-refractivity contribution is 7.92. The molecule has 0 heterocycles.